The van der Waals surface area contributed by atoms with Crippen LogP contribution in [-0.2, 0) is 11.2 Å². The van der Waals surface area contributed by atoms with Crippen LogP contribution in [0.4, 0.5) is 4.79 Å². The summed E-state index contributed by atoms with van der Waals surface area (Å²) < 4.78 is 6.95. The van der Waals surface area contributed by atoms with Crippen molar-refractivity contribution in [2.45, 2.75) is 32.8 Å². The number of hydrogen-bond donors (Lipinski definition) is 0. The molecule has 0 amide bonds. The highest BCUT2D eigenvalue weighted by molar-refractivity contribution is 5.72. The summed E-state index contributed by atoms with van der Waals surface area (Å²) in [7, 11) is 0. The molecule has 100 valence electrons. The average Bonchev–Trinajstić information content (AvgIpc) is 2.76. The molecule has 0 radical (unpaired) electrons. The molecule has 3 nitrogen and oxygen atoms in total. The van der Waals surface area contributed by atoms with E-state index in [1.165, 1.54) is 5.56 Å². The number of benzene rings is 1. The van der Waals surface area contributed by atoms with E-state index in [0.29, 0.717) is 6.42 Å². The summed E-state index contributed by atoms with van der Waals surface area (Å²) in [6.45, 7) is 5.60. The highest BCUT2D eigenvalue weighted by Crippen LogP contribution is 2.14. The first-order valence-electron chi connectivity index (χ1n) is 6.39. The van der Waals surface area contributed by atoms with Gasteiger partial charge in [-0.2, -0.15) is 0 Å². The summed E-state index contributed by atoms with van der Waals surface area (Å²) in [5.41, 5.74) is 1.62. The Morgan fingerprint density at radius 2 is 1.79 bits per heavy atom. The Kier molecular flexibility index (Phi) is 3.74. The Morgan fingerprint density at radius 1 is 1.11 bits per heavy atom. The minimum absolute atomic E-state index is 0.330. The van der Waals surface area contributed by atoms with Crippen molar-refractivity contribution in [2.24, 2.45) is 0 Å². The van der Waals surface area contributed by atoms with Gasteiger partial charge in [-0.05, 0) is 38.5 Å². The van der Waals surface area contributed by atoms with E-state index in [9.17, 15) is 4.79 Å². The third-order valence-electron chi connectivity index (χ3n) is 2.65. The number of rotatable bonds is 2. The van der Waals surface area contributed by atoms with Crippen LogP contribution >= 0.6 is 0 Å². The van der Waals surface area contributed by atoms with Crippen molar-refractivity contribution in [3.8, 4) is 0 Å². The van der Waals surface area contributed by atoms with Gasteiger partial charge in [0.1, 0.15) is 5.60 Å². The molecule has 19 heavy (non-hydrogen) atoms. The van der Waals surface area contributed by atoms with Crippen LogP contribution < -0.4 is 0 Å². The van der Waals surface area contributed by atoms with Crippen molar-refractivity contribution in [1.82, 2.24) is 4.57 Å². The molecule has 0 aliphatic rings. The topological polar surface area (TPSA) is 31.2 Å². The summed E-state index contributed by atoms with van der Waals surface area (Å²) in [5, 5.41) is 0. The van der Waals surface area contributed by atoms with Crippen molar-refractivity contribution in [3.05, 3.63) is 59.9 Å². The van der Waals surface area contributed by atoms with E-state index in [2.05, 4.69) is 0 Å². The van der Waals surface area contributed by atoms with Gasteiger partial charge in [-0.15, -0.1) is 0 Å². The van der Waals surface area contributed by atoms with Crippen molar-refractivity contribution in [1.29, 1.82) is 0 Å². The number of ether oxygens (including phenoxy) is 1. The molecule has 0 unspecified atom stereocenters. The zero-order valence-electron chi connectivity index (χ0n) is 11.6. The molecule has 0 fully saturated rings. The van der Waals surface area contributed by atoms with Crippen molar-refractivity contribution >= 4 is 6.09 Å². The summed E-state index contributed by atoms with van der Waals surface area (Å²) >= 11 is 0. The molecule has 0 aliphatic heterocycles. The number of carbonyl (C=O) groups excluding carboxylic acids is 1. The first-order chi connectivity index (χ1) is 8.96. The predicted octanol–water partition coefficient (Wildman–Crippen LogP) is 3.86. The SMILES string of the molecule is CC(C)(C)OC(=O)n1cccc1Cc1ccccc1. The van der Waals surface area contributed by atoms with E-state index in [1.807, 2.05) is 63.2 Å². The Labute approximate surface area is 113 Å². The minimum Gasteiger partial charge on any atom is -0.443 e. The maximum absolute atomic E-state index is 12.1. The van der Waals surface area contributed by atoms with E-state index in [-0.39, 0.29) is 6.09 Å². The van der Waals surface area contributed by atoms with Gasteiger partial charge in [-0.25, -0.2) is 4.79 Å². The third kappa shape index (κ3) is 3.71. The summed E-state index contributed by atoms with van der Waals surface area (Å²) in [6, 6.07) is 13.9. The van der Waals surface area contributed by atoms with Gasteiger partial charge >= 0.3 is 6.09 Å². The van der Waals surface area contributed by atoms with E-state index in [1.54, 1.807) is 10.8 Å². The molecule has 0 bridgehead atoms. The molecule has 0 aliphatic carbocycles. The van der Waals surface area contributed by atoms with Gasteiger partial charge in [0.15, 0.2) is 0 Å². The van der Waals surface area contributed by atoms with Gasteiger partial charge in [0.05, 0.1) is 0 Å². The van der Waals surface area contributed by atoms with Gasteiger partial charge in [-0.1, -0.05) is 30.3 Å². The number of hydrogen-bond acceptors (Lipinski definition) is 2. The first kappa shape index (κ1) is 13.4. The third-order valence-corrected chi connectivity index (χ3v) is 2.65. The van der Waals surface area contributed by atoms with Gasteiger partial charge < -0.3 is 4.74 Å². The largest absolute Gasteiger partial charge is 0.443 e. The summed E-state index contributed by atoms with van der Waals surface area (Å²) in [6.07, 6.45) is 2.13. The molecule has 1 aromatic heterocycles. The normalized spacial score (nSPS) is 11.3. The molecule has 0 spiro atoms. The maximum Gasteiger partial charge on any atom is 0.418 e. The van der Waals surface area contributed by atoms with Crippen LogP contribution in [0, 0.1) is 0 Å². The number of nitrogens with zero attached hydrogens (tertiary/aromatic N) is 1. The van der Waals surface area contributed by atoms with Gasteiger partial charge in [0.25, 0.3) is 0 Å². The average molecular weight is 257 g/mol. The number of aromatic nitrogens is 1. The van der Waals surface area contributed by atoms with E-state index in [0.717, 1.165) is 5.69 Å². The van der Waals surface area contributed by atoms with Crippen LogP contribution in [0.1, 0.15) is 32.0 Å². The predicted molar refractivity (Wildman–Crippen MR) is 75.3 cm³/mol. The second kappa shape index (κ2) is 5.31. The molecule has 1 aromatic carbocycles. The molecule has 0 atom stereocenters. The Bertz CT molecular complexity index is 550. The lowest BCUT2D eigenvalue weighted by atomic mass is 10.1. The molecule has 2 aromatic rings. The fourth-order valence-corrected chi connectivity index (χ4v) is 1.85. The van der Waals surface area contributed by atoms with Crippen LogP contribution in [0.2, 0.25) is 0 Å². The van der Waals surface area contributed by atoms with Crippen LogP contribution in [-0.4, -0.2) is 16.3 Å². The monoisotopic (exact) mass is 257 g/mol. The van der Waals surface area contributed by atoms with Crippen LogP contribution in [0.3, 0.4) is 0 Å². The second-order valence-corrected chi connectivity index (χ2v) is 5.51. The molecule has 3 heteroatoms. The molecular weight excluding hydrogens is 238 g/mol. The van der Waals surface area contributed by atoms with Crippen molar-refractivity contribution < 1.29 is 9.53 Å². The molecular formula is C16H19NO2. The van der Waals surface area contributed by atoms with E-state index in [4.69, 9.17) is 4.74 Å². The lowest BCUT2D eigenvalue weighted by Gasteiger charge is -2.20. The van der Waals surface area contributed by atoms with Crippen molar-refractivity contribution in [2.75, 3.05) is 0 Å². The Hall–Kier alpha value is -2.03. The Morgan fingerprint density at radius 3 is 2.42 bits per heavy atom. The second-order valence-electron chi connectivity index (χ2n) is 5.51. The minimum atomic E-state index is -0.481. The smallest absolute Gasteiger partial charge is 0.418 e. The Balaban J connectivity index is 2.16. The zero-order chi connectivity index (χ0) is 13.9. The fourth-order valence-electron chi connectivity index (χ4n) is 1.85. The highest BCUT2D eigenvalue weighted by atomic mass is 16.6. The van der Waals surface area contributed by atoms with Gasteiger partial charge in [0.2, 0.25) is 0 Å². The van der Waals surface area contributed by atoms with E-state index < -0.39 is 5.60 Å². The zero-order valence-corrected chi connectivity index (χ0v) is 11.6. The lowest BCUT2D eigenvalue weighted by molar-refractivity contribution is 0.0533. The quantitative estimate of drug-likeness (QED) is 0.818. The van der Waals surface area contributed by atoms with Gasteiger partial charge in [-0.3, -0.25) is 4.57 Å². The van der Waals surface area contributed by atoms with Crippen LogP contribution in [0.25, 0.3) is 0 Å². The van der Waals surface area contributed by atoms with Crippen molar-refractivity contribution in [3.63, 3.8) is 0 Å². The number of carbonyl (C=O) groups is 1. The molecule has 2 rings (SSSR count). The standard InChI is InChI=1S/C16H19NO2/c1-16(2,3)19-15(18)17-11-7-10-14(17)12-13-8-5-4-6-9-13/h4-11H,12H2,1-3H3. The molecule has 1 heterocycles. The maximum atomic E-state index is 12.1. The highest BCUT2D eigenvalue weighted by Gasteiger charge is 2.19. The molecule has 0 N–H and O–H groups in total. The molecule has 0 saturated heterocycles. The van der Waals surface area contributed by atoms with Crippen LogP contribution in [0.15, 0.2) is 48.7 Å². The molecule has 0 saturated carbocycles. The van der Waals surface area contributed by atoms with Crippen LogP contribution in [0.5, 0.6) is 0 Å². The fraction of sp³-hybridized carbons (Fsp3) is 0.312. The first-order valence-corrected chi connectivity index (χ1v) is 6.39. The summed E-state index contributed by atoms with van der Waals surface area (Å²) in [5.74, 6) is 0. The van der Waals surface area contributed by atoms with Gasteiger partial charge in [0, 0.05) is 18.3 Å². The lowest BCUT2D eigenvalue weighted by Crippen LogP contribution is -2.27. The van der Waals surface area contributed by atoms with E-state index >= 15 is 0 Å². The summed E-state index contributed by atoms with van der Waals surface area (Å²) in [4.78, 5) is 12.1.